The normalized spacial score (nSPS) is 11.8. The Hall–Kier alpha value is -2.77. The molecular formula is C15H12F3N3O2. The second-order valence-corrected chi connectivity index (χ2v) is 5.01. The van der Waals surface area contributed by atoms with Gasteiger partial charge in [0.2, 0.25) is 5.82 Å². The SMILES string of the molecule is Cc1ccc(CNC(=O)c2ccc3nc(C(F)(F)F)[nH]c3c2)o1. The number of hydrogen-bond donors (Lipinski definition) is 2. The second-order valence-electron chi connectivity index (χ2n) is 5.01. The molecule has 2 aromatic heterocycles. The summed E-state index contributed by atoms with van der Waals surface area (Å²) >= 11 is 0. The monoisotopic (exact) mass is 323 g/mol. The van der Waals surface area contributed by atoms with Crippen LogP contribution in [0.2, 0.25) is 0 Å². The van der Waals surface area contributed by atoms with Crippen molar-refractivity contribution >= 4 is 16.9 Å². The lowest BCUT2D eigenvalue weighted by atomic mass is 10.2. The number of aromatic nitrogens is 2. The molecule has 0 saturated carbocycles. The van der Waals surface area contributed by atoms with Gasteiger partial charge in [0.25, 0.3) is 5.91 Å². The zero-order valence-corrected chi connectivity index (χ0v) is 12.0. The molecule has 0 aliphatic heterocycles. The fourth-order valence-corrected chi connectivity index (χ4v) is 2.13. The molecule has 2 heterocycles. The van der Waals surface area contributed by atoms with Gasteiger partial charge in [-0.25, -0.2) is 4.98 Å². The maximum Gasteiger partial charge on any atom is 0.449 e. The first-order valence-corrected chi connectivity index (χ1v) is 6.73. The lowest BCUT2D eigenvalue weighted by molar-refractivity contribution is -0.144. The third-order valence-corrected chi connectivity index (χ3v) is 3.23. The van der Waals surface area contributed by atoms with E-state index in [1.807, 2.05) is 0 Å². The standard InChI is InChI=1S/C15H12F3N3O2/c1-8-2-4-10(23-8)7-19-13(22)9-3-5-11-12(6-9)21-14(20-11)15(16,17)18/h2-6H,7H2,1H3,(H,19,22)(H,20,21). The summed E-state index contributed by atoms with van der Waals surface area (Å²) in [7, 11) is 0. The molecule has 23 heavy (non-hydrogen) atoms. The van der Waals surface area contributed by atoms with Crippen LogP contribution in [0.15, 0.2) is 34.7 Å². The number of carbonyl (C=O) groups is 1. The zero-order chi connectivity index (χ0) is 16.6. The van der Waals surface area contributed by atoms with Crippen LogP contribution in [0.25, 0.3) is 11.0 Å². The minimum atomic E-state index is -4.56. The van der Waals surface area contributed by atoms with E-state index < -0.39 is 17.9 Å². The number of halogens is 3. The molecule has 3 aromatic rings. The third-order valence-electron chi connectivity index (χ3n) is 3.23. The summed E-state index contributed by atoms with van der Waals surface area (Å²) in [6, 6.07) is 7.64. The lowest BCUT2D eigenvalue weighted by Gasteiger charge is -2.03. The molecule has 8 heteroatoms. The van der Waals surface area contributed by atoms with Crippen LogP contribution in [-0.4, -0.2) is 15.9 Å². The van der Waals surface area contributed by atoms with Gasteiger partial charge in [-0.1, -0.05) is 0 Å². The van der Waals surface area contributed by atoms with Crippen molar-refractivity contribution in [1.82, 2.24) is 15.3 Å². The van der Waals surface area contributed by atoms with Crippen LogP contribution >= 0.6 is 0 Å². The Morgan fingerprint density at radius 1 is 1.30 bits per heavy atom. The number of fused-ring (bicyclic) bond motifs is 1. The Morgan fingerprint density at radius 3 is 2.74 bits per heavy atom. The van der Waals surface area contributed by atoms with Gasteiger partial charge >= 0.3 is 6.18 Å². The van der Waals surface area contributed by atoms with Gasteiger partial charge in [0.1, 0.15) is 11.5 Å². The van der Waals surface area contributed by atoms with Crippen LogP contribution < -0.4 is 5.32 Å². The molecule has 0 saturated heterocycles. The quantitative estimate of drug-likeness (QED) is 0.776. The van der Waals surface area contributed by atoms with Crippen molar-refractivity contribution in [2.45, 2.75) is 19.6 Å². The largest absolute Gasteiger partial charge is 0.465 e. The van der Waals surface area contributed by atoms with E-state index >= 15 is 0 Å². The predicted octanol–water partition coefficient (Wildman–Crippen LogP) is 3.41. The van der Waals surface area contributed by atoms with E-state index in [0.29, 0.717) is 5.76 Å². The first kappa shape index (κ1) is 15.1. The van der Waals surface area contributed by atoms with Gasteiger partial charge < -0.3 is 14.7 Å². The number of imidazole rings is 1. The number of hydrogen-bond acceptors (Lipinski definition) is 3. The Morgan fingerprint density at radius 2 is 2.09 bits per heavy atom. The van der Waals surface area contributed by atoms with E-state index in [-0.39, 0.29) is 23.1 Å². The summed E-state index contributed by atoms with van der Waals surface area (Å²) in [6.07, 6.45) is -4.56. The van der Waals surface area contributed by atoms with Gasteiger partial charge in [0, 0.05) is 5.56 Å². The molecule has 1 aromatic carbocycles. The molecule has 0 aliphatic rings. The Balaban J connectivity index is 1.78. The topological polar surface area (TPSA) is 70.9 Å². The van der Waals surface area contributed by atoms with Gasteiger partial charge in [-0.3, -0.25) is 4.79 Å². The minimum absolute atomic E-state index is 0.149. The molecule has 1 amide bonds. The Kier molecular flexibility index (Phi) is 3.59. The predicted molar refractivity (Wildman–Crippen MR) is 75.7 cm³/mol. The number of nitrogens with one attached hydrogen (secondary N) is 2. The van der Waals surface area contributed by atoms with E-state index in [9.17, 15) is 18.0 Å². The van der Waals surface area contributed by atoms with Crippen molar-refractivity contribution in [2.24, 2.45) is 0 Å². The van der Waals surface area contributed by atoms with Gasteiger partial charge in [0.05, 0.1) is 17.6 Å². The van der Waals surface area contributed by atoms with Crippen LogP contribution in [0.3, 0.4) is 0 Å². The van der Waals surface area contributed by atoms with Crippen molar-refractivity contribution < 1.29 is 22.4 Å². The Bertz CT molecular complexity index is 864. The zero-order valence-electron chi connectivity index (χ0n) is 12.0. The number of benzene rings is 1. The molecule has 0 radical (unpaired) electrons. The summed E-state index contributed by atoms with van der Waals surface area (Å²) in [5, 5.41) is 2.64. The number of rotatable bonds is 3. The molecular weight excluding hydrogens is 311 g/mol. The van der Waals surface area contributed by atoms with Crippen molar-refractivity contribution in [3.8, 4) is 0 Å². The van der Waals surface area contributed by atoms with E-state index in [1.54, 1.807) is 19.1 Å². The molecule has 2 N–H and O–H groups in total. The first-order valence-electron chi connectivity index (χ1n) is 6.73. The molecule has 0 unspecified atom stereocenters. The summed E-state index contributed by atoms with van der Waals surface area (Å²) in [5.41, 5.74) is 0.535. The number of aryl methyl sites for hydroxylation is 1. The van der Waals surface area contributed by atoms with Crippen molar-refractivity contribution in [1.29, 1.82) is 0 Å². The highest BCUT2D eigenvalue weighted by Gasteiger charge is 2.34. The second kappa shape index (κ2) is 5.45. The number of carbonyl (C=O) groups excluding carboxylic acids is 1. The summed E-state index contributed by atoms with van der Waals surface area (Å²) in [6.45, 7) is 1.98. The summed E-state index contributed by atoms with van der Waals surface area (Å²) < 4.78 is 43.2. The molecule has 0 spiro atoms. The summed E-state index contributed by atoms with van der Waals surface area (Å²) in [4.78, 5) is 17.7. The summed E-state index contributed by atoms with van der Waals surface area (Å²) in [5.74, 6) is -0.175. The Labute approximate surface area is 128 Å². The van der Waals surface area contributed by atoms with E-state index in [1.165, 1.54) is 18.2 Å². The molecule has 120 valence electrons. The molecule has 0 bridgehead atoms. The fraction of sp³-hybridized carbons (Fsp3) is 0.200. The third kappa shape index (κ3) is 3.20. The maximum absolute atomic E-state index is 12.6. The van der Waals surface area contributed by atoms with Gasteiger partial charge in [-0.2, -0.15) is 13.2 Å². The maximum atomic E-state index is 12.6. The van der Waals surface area contributed by atoms with Crippen LogP contribution in [0.4, 0.5) is 13.2 Å². The average molecular weight is 323 g/mol. The van der Waals surface area contributed by atoms with Crippen LogP contribution in [-0.2, 0) is 12.7 Å². The molecule has 0 atom stereocenters. The van der Waals surface area contributed by atoms with Crippen LogP contribution in [0.5, 0.6) is 0 Å². The highest BCUT2D eigenvalue weighted by atomic mass is 19.4. The highest BCUT2D eigenvalue weighted by molar-refractivity contribution is 5.97. The van der Waals surface area contributed by atoms with Crippen molar-refractivity contribution in [2.75, 3.05) is 0 Å². The molecule has 5 nitrogen and oxygen atoms in total. The number of alkyl halides is 3. The van der Waals surface area contributed by atoms with E-state index in [4.69, 9.17) is 4.42 Å². The fourth-order valence-electron chi connectivity index (χ4n) is 2.13. The van der Waals surface area contributed by atoms with E-state index in [0.717, 1.165) is 5.76 Å². The lowest BCUT2D eigenvalue weighted by Crippen LogP contribution is -2.22. The van der Waals surface area contributed by atoms with Crippen molar-refractivity contribution in [3.05, 3.63) is 53.2 Å². The van der Waals surface area contributed by atoms with Gasteiger partial charge in [0.15, 0.2) is 0 Å². The molecule has 0 fully saturated rings. The molecule has 3 rings (SSSR count). The first-order chi connectivity index (χ1) is 10.8. The number of amides is 1. The van der Waals surface area contributed by atoms with Crippen LogP contribution in [0.1, 0.15) is 27.7 Å². The van der Waals surface area contributed by atoms with Crippen molar-refractivity contribution in [3.63, 3.8) is 0 Å². The molecule has 0 aliphatic carbocycles. The number of nitrogens with zero attached hydrogens (tertiary/aromatic N) is 1. The van der Waals surface area contributed by atoms with Gasteiger partial charge in [-0.05, 0) is 37.3 Å². The number of H-pyrrole nitrogens is 1. The highest BCUT2D eigenvalue weighted by Crippen LogP contribution is 2.28. The minimum Gasteiger partial charge on any atom is -0.465 e. The average Bonchev–Trinajstić information content (AvgIpc) is 3.09. The van der Waals surface area contributed by atoms with Gasteiger partial charge in [-0.15, -0.1) is 0 Å². The van der Waals surface area contributed by atoms with Crippen LogP contribution in [0, 0.1) is 6.92 Å². The van der Waals surface area contributed by atoms with E-state index in [2.05, 4.69) is 15.3 Å². The smallest absolute Gasteiger partial charge is 0.449 e. The number of aromatic amines is 1. The number of furan rings is 1.